The van der Waals surface area contributed by atoms with Crippen molar-refractivity contribution in [1.29, 1.82) is 0 Å². The third-order valence-corrected chi connectivity index (χ3v) is 4.18. The van der Waals surface area contributed by atoms with Gasteiger partial charge in [-0.3, -0.25) is 0 Å². The van der Waals surface area contributed by atoms with Gasteiger partial charge in [0.15, 0.2) is 0 Å². The molecule has 2 heterocycles. The molecule has 1 aliphatic heterocycles. The van der Waals surface area contributed by atoms with Crippen LogP contribution < -0.4 is 5.32 Å². The summed E-state index contributed by atoms with van der Waals surface area (Å²) in [5.74, 6) is 0. The van der Waals surface area contributed by atoms with E-state index in [1.807, 2.05) is 11.3 Å². The molecule has 1 fully saturated rings. The predicted molar refractivity (Wildman–Crippen MR) is 69.1 cm³/mol. The number of thiophene rings is 1. The molecule has 2 rings (SSSR count). The second-order valence-electron chi connectivity index (χ2n) is 5.00. The van der Waals surface area contributed by atoms with E-state index in [2.05, 4.69) is 36.7 Å². The van der Waals surface area contributed by atoms with Gasteiger partial charge in [0, 0.05) is 29.7 Å². The van der Waals surface area contributed by atoms with Crippen LogP contribution in [0, 0.1) is 0 Å². The Morgan fingerprint density at radius 2 is 2.25 bits per heavy atom. The van der Waals surface area contributed by atoms with Crippen LogP contribution in [0.3, 0.4) is 0 Å². The van der Waals surface area contributed by atoms with Crippen LogP contribution in [0.2, 0.25) is 0 Å². The molecule has 0 amide bonds. The lowest BCUT2D eigenvalue weighted by Crippen LogP contribution is -2.51. The fourth-order valence-electron chi connectivity index (χ4n) is 2.34. The Morgan fingerprint density at radius 3 is 2.88 bits per heavy atom. The van der Waals surface area contributed by atoms with E-state index < -0.39 is 0 Å². The first-order chi connectivity index (χ1) is 7.68. The van der Waals surface area contributed by atoms with Crippen LogP contribution in [0.4, 0.5) is 0 Å². The van der Waals surface area contributed by atoms with Crippen LogP contribution in [0.5, 0.6) is 0 Å². The highest BCUT2D eigenvalue weighted by Gasteiger charge is 2.28. The molecule has 1 aliphatic rings. The molecule has 3 heteroatoms. The van der Waals surface area contributed by atoms with Gasteiger partial charge in [0.05, 0.1) is 0 Å². The fraction of sp³-hybridized carbons (Fsp3) is 0.692. The molecule has 1 N–H and O–H groups in total. The summed E-state index contributed by atoms with van der Waals surface area (Å²) >= 11 is 1.85. The SMILES string of the molecule is CC(Cc1cccs1)NC1(C)CCOCC1. The van der Waals surface area contributed by atoms with Crippen molar-refractivity contribution in [3.63, 3.8) is 0 Å². The summed E-state index contributed by atoms with van der Waals surface area (Å²) in [6.45, 7) is 6.39. The maximum atomic E-state index is 5.41. The molecule has 0 spiro atoms. The number of hydrogen-bond acceptors (Lipinski definition) is 3. The van der Waals surface area contributed by atoms with Gasteiger partial charge in [-0.15, -0.1) is 11.3 Å². The van der Waals surface area contributed by atoms with Crippen molar-refractivity contribution >= 4 is 11.3 Å². The van der Waals surface area contributed by atoms with E-state index in [4.69, 9.17) is 4.74 Å². The molecule has 1 aromatic rings. The van der Waals surface area contributed by atoms with Crippen molar-refractivity contribution in [1.82, 2.24) is 5.32 Å². The standard InChI is InChI=1S/C13H21NOS/c1-11(10-12-4-3-9-16-12)14-13(2)5-7-15-8-6-13/h3-4,9,11,14H,5-8,10H2,1-2H3. The van der Waals surface area contributed by atoms with Crippen molar-refractivity contribution in [3.05, 3.63) is 22.4 Å². The zero-order chi connectivity index (χ0) is 11.4. The van der Waals surface area contributed by atoms with Crippen LogP contribution >= 0.6 is 11.3 Å². The van der Waals surface area contributed by atoms with Gasteiger partial charge in [0.1, 0.15) is 0 Å². The molecular weight excluding hydrogens is 218 g/mol. The third kappa shape index (κ3) is 3.30. The van der Waals surface area contributed by atoms with E-state index in [1.54, 1.807) is 0 Å². The van der Waals surface area contributed by atoms with Gasteiger partial charge >= 0.3 is 0 Å². The Bertz CT molecular complexity index is 304. The first-order valence-electron chi connectivity index (χ1n) is 6.06. The first kappa shape index (κ1) is 12.1. The van der Waals surface area contributed by atoms with Gasteiger partial charge in [0.25, 0.3) is 0 Å². The molecule has 0 saturated carbocycles. The quantitative estimate of drug-likeness (QED) is 0.872. The monoisotopic (exact) mass is 239 g/mol. The zero-order valence-electron chi connectivity index (χ0n) is 10.2. The molecule has 0 aliphatic carbocycles. The Morgan fingerprint density at radius 1 is 1.50 bits per heavy atom. The number of nitrogens with one attached hydrogen (secondary N) is 1. The van der Waals surface area contributed by atoms with Crippen LogP contribution in [0.25, 0.3) is 0 Å². The molecule has 1 unspecified atom stereocenters. The van der Waals surface area contributed by atoms with Crippen molar-refractivity contribution < 1.29 is 4.74 Å². The summed E-state index contributed by atoms with van der Waals surface area (Å²) in [6.07, 6.45) is 3.39. The van der Waals surface area contributed by atoms with E-state index in [0.29, 0.717) is 6.04 Å². The Balaban J connectivity index is 1.84. The highest BCUT2D eigenvalue weighted by molar-refractivity contribution is 7.09. The second-order valence-corrected chi connectivity index (χ2v) is 6.03. The van der Waals surface area contributed by atoms with E-state index in [0.717, 1.165) is 32.5 Å². The van der Waals surface area contributed by atoms with E-state index in [-0.39, 0.29) is 5.54 Å². The van der Waals surface area contributed by atoms with Crippen LogP contribution in [0.1, 0.15) is 31.6 Å². The molecule has 1 saturated heterocycles. The molecule has 90 valence electrons. The minimum absolute atomic E-state index is 0.273. The molecule has 2 nitrogen and oxygen atoms in total. The molecule has 0 aromatic carbocycles. The number of ether oxygens (including phenoxy) is 1. The van der Waals surface area contributed by atoms with Crippen molar-refractivity contribution in [2.75, 3.05) is 13.2 Å². The zero-order valence-corrected chi connectivity index (χ0v) is 11.0. The summed E-state index contributed by atoms with van der Waals surface area (Å²) in [6, 6.07) is 4.89. The summed E-state index contributed by atoms with van der Waals surface area (Å²) in [5.41, 5.74) is 0.273. The smallest absolute Gasteiger partial charge is 0.0483 e. The highest BCUT2D eigenvalue weighted by Crippen LogP contribution is 2.21. The minimum Gasteiger partial charge on any atom is -0.381 e. The number of hydrogen-bond donors (Lipinski definition) is 1. The average Bonchev–Trinajstić information content (AvgIpc) is 2.70. The normalized spacial score (nSPS) is 21.9. The minimum atomic E-state index is 0.273. The van der Waals surface area contributed by atoms with E-state index >= 15 is 0 Å². The Hall–Kier alpha value is -0.380. The van der Waals surface area contributed by atoms with E-state index in [9.17, 15) is 0 Å². The summed E-state index contributed by atoms with van der Waals surface area (Å²) in [5, 5.41) is 5.91. The van der Waals surface area contributed by atoms with Gasteiger partial charge < -0.3 is 10.1 Å². The van der Waals surface area contributed by atoms with Crippen molar-refractivity contribution in [2.24, 2.45) is 0 Å². The van der Waals surface area contributed by atoms with Crippen LogP contribution in [-0.4, -0.2) is 24.8 Å². The molecule has 1 atom stereocenters. The molecule has 16 heavy (non-hydrogen) atoms. The first-order valence-corrected chi connectivity index (χ1v) is 6.94. The lowest BCUT2D eigenvalue weighted by Gasteiger charge is -2.37. The lowest BCUT2D eigenvalue weighted by molar-refractivity contribution is 0.0414. The largest absolute Gasteiger partial charge is 0.381 e. The van der Waals surface area contributed by atoms with E-state index in [1.165, 1.54) is 4.88 Å². The molecule has 0 bridgehead atoms. The highest BCUT2D eigenvalue weighted by atomic mass is 32.1. The Kier molecular flexibility index (Phi) is 4.00. The van der Waals surface area contributed by atoms with Gasteiger partial charge in [-0.25, -0.2) is 0 Å². The lowest BCUT2D eigenvalue weighted by atomic mass is 9.91. The summed E-state index contributed by atoms with van der Waals surface area (Å²) in [4.78, 5) is 1.47. The Labute approximate surface area is 102 Å². The third-order valence-electron chi connectivity index (χ3n) is 3.28. The maximum Gasteiger partial charge on any atom is 0.0483 e. The van der Waals surface area contributed by atoms with Gasteiger partial charge in [-0.1, -0.05) is 6.07 Å². The van der Waals surface area contributed by atoms with Gasteiger partial charge in [-0.05, 0) is 44.6 Å². The molecule has 1 aromatic heterocycles. The van der Waals surface area contributed by atoms with Crippen LogP contribution in [-0.2, 0) is 11.2 Å². The van der Waals surface area contributed by atoms with Crippen molar-refractivity contribution in [2.45, 2.75) is 44.7 Å². The topological polar surface area (TPSA) is 21.3 Å². The average molecular weight is 239 g/mol. The summed E-state index contributed by atoms with van der Waals surface area (Å²) in [7, 11) is 0. The maximum absolute atomic E-state index is 5.41. The van der Waals surface area contributed by atoms with Crippen LogP contribution in [0.15, 0.2) is 17.5 Å². The predicted octanol–water partition coefficient (Wildman–Crippen LogP) is 2.84. The number of rotatable bonds is 4. The molecular formula is C13H21NOS. The molecule has 0 radical (unpaired) electrons. The fourth-order valence-corrected chi connectivity index (χ4v) is 3.18. The summed E-state index contributed by atoms with van der Waals surface area (Å²) < 4.78 is 5.41. The van der Waals surface area contributed by atoms with Gasteiger partial charge in [0.2, 0.25) is 0 Å². The van der Waals surface area contributed by atoms with Crippen molar-refractivity contribution in [3.8, 4) is 0 Å². The second kappa shape index (κ2) is 5.30. The van der Waals surface area contributed by atoms with Gasteiger partial charge in [-0.2, -0.15) is 0 Å².